The molecule has 9 heteroatoms. The summed E-state index contributed by atoms with van der Waals surface area (Å²) in [6.07, 6.45) is 1.12. The van der Waals surface area contributed by atoms with Crippen molar-refractivity contribution in [1.29, 1.82) is 0 Å². The number of carbonyl (C=O) groups is 4. The van der Waals surface area contributed by atoms with Crippen molar-refractivity contribution in [3.05, 3.63) is 34.9 Å². The van der Waals surface area contributed by atoms with E-state index in [2.05, 4.69) is 10.6 Å². The molecule has 2 aliphatic heterocycles. The van der Waals surface area contributed by atoms with Gasteiger partial charge in [0, 0.05) is 19.0 Å². The Hall–Kier alpha value is -2.62. The average molecular weight is 400 g/mol. The summed E-state index contributed by atoms with van der Waals surface area (Å²) in [7, 11) is 0. The van der Waals surface area contributed by atoms with Crippen molar-refractivity contribution in [2.24, 2.45) is 11.7 Å². The molecule has 0 bridgehead atoms. The third kappa shape index (κ3) is 3.57. The number of rotatable bonds is 5. The number of aliphatic hydroxyl groups is 1. The highest BCUT2D eigenvalue weighted by Gasteiger charge is 2.45. The molecule has 0 radical (unpaired) electrons. The van der Waals surface area contributed by atoms with Crippen molar-refractivity contribution in [2.45, 2.75) is 50.4 Å². The average Bonchev–Trinajstić information content (AvgIpc) is 3.13. The van der Waals surface area contributed by atoms with Crippen LogP contribution in [0.4, 0.5) is 0 Å². The minimum absolute atomic E-state index is 0.0909. The van der Waals surface area contributed by atoms with Crippen LogP contribution in [0.5, 0.6) is 0 Å². The van der Waals surface area contributed by atoms with Gasteiger partial charge in [0.05, 0.1) is 17.2 Å². The topological polar surface area (TPSA) is 142 Å². The van der Waals surface area contributed by atoms with Crippen molar-refractivity contribution in [1.82, 2.24) is 15.5 Å². The van der Waals surface area contributed by atoms with Gasteiger partial charge in [0.2, 0.25) is 11.8 Å². The third-order valence-corrected chi connectivity index (χ3v) is 5.98. The molecular weight excluding hydrogens is 376 g/mol. The molecule has 9 nitrogen and oxygen atoms in total. The van der Waals surface area contributed by atoms with Crippen molar-refractivity contribution in [3.8, 4) is 0 Å². The quantitative estimate of drug-likeness (QED) is 0.478. The first-order valence-electron chi connectivity index (χ1n) is 9.84. The SMILES string of the molecule is N[C@@H]1C[C@H](CNCc2cccc3c2C(=O)N(C2CCC(=O)NC2=O)C3=O)C[C@H]1O. The summed E-state index contributed by atoms with van der Waals surface area (Å²) in [5.74, 6) is -1.77. The molecule has 1 aliphatic carbocycles. The Morgan fingerprint density at radius 1 is 1.17 bits per heavy atom. The van der Waals surface area contributed by atoms with Crippen LogP contribution >= 0.6 is 0 Å². The monoisotopic (exact) mass is 400 g/mol. The van der Waals surface area contributed by atoms with E-state index in [1.54, 1.807) is 18.2 Å². The molecule has 3 aliphatic rings. The first-order chi connectivity index (χ1) is 13.9. The molecule has 1 unspecified atom stereocenters. The molecule has 154 valence electrons. The molecule has 0 spiro atoms. The second-order valence-electron chi connectivity index (χ2n) is 7.99. The lowest BCUT2D eigenvalue weighted by molar-refractivity contribution is -0.136. The number of benzene rings is 1. The fourth-order valence-corrected chi connectivity index (χ4v) is 4.46. The number of nitrogens with one attached hydrogen (secondary N) is 2. The van der Waals surface area contributed by atoms with E-state index in [0.717, 1.165) is 11.3 Å². The van der Waals surface area contributed by atoms with Crippen LogP contribution in [0.2, 0.25) is 0 Å². The number of piperidine rings is 1. The van der Waals surface area contributed by atoms with Gasteiger partial charge in [0.25, 0.3) is 11.8 Å². The Balaban J connectivity index is 1.48. The molecule has 1 aromatic rings. The maximum atomic E-state index is 13.0. The lowest BCUT2D eigenvalue weighted by atomic mass is 10.0. The van der Waals surface area contributed by atoms with Gasteiger partial charge in [-0.25, -0.2) is 0 Å². The summed E-state index contributed by atoms with van der Waals surface area (Å²) < 4.78 is 0. The largest absolute Gasteiger partial charge is 0.392 e. The van der Waals surface area contributed by atoms with Gasteiger partial charge in [0.1, 0.15) is 6.04 Å². The number of hydrogen-bond acceptors (Lipinski definition) is 7. The minimum Gasteiger partial charge on any atom is -0.392 e. The van der Waals surface area contributed by atoms with Crippen molar-refractivity contribution < 1.29 is 24.3 Å². The van der Waals surface area contributed by atoms with Gasteiger partial charge in [-0.1, -0.05) is 12.1 Å². The van der Waals surface area contributed by atoms with E-state index < -0.39 is 35.8 Å². The van der Waals surface area contributed by atoms with Gasteiger partial charge >= 0.3 is 0 Å². The first kappa shape index (κ1) is 19.7. The maximum Gasteiger partial charge on any atom is 0.262 e. The molecule has 5 N–H and O–H groups in total. The summed E-state index contributed by atoms with van der Waals surface area (Å²) in [6, 6.07) is 3.90. The number of hydrogen-bond donors (Lipinski definition) is 4. The van der Waals surface area contributed by atoms with E-state index in [1.165, 1.54) is 0 Å². The van der Waals surface area contributed by atoms with Gasteiger partial charge in [-0.05, 0) is 43.4 Å². The molecule has 1 saturated carbocycles. The highest BCUT2D eigenvalue weighted by molar-refractivity contribution is 6.24. The molecular formula is C20H24N4O5. The van der Waals surface area contributed by atoms with Crippen molar-refractivity contribution in [2.75, 3.05) is 6.54 Å². The van der Waals surface area contributed by atoms with Crippen molar-refractivity contribution >= 4 is 23.6 Å². The predicted octanol–water partition coefficient (Wildman–Crippen LogP) is -0.724. The van der Waals surface area contributed by atoms with Crippen LogP contribution < -0.4 is 16.4 Å². The van der Waals surface area contributed by atoms with Crippen LogP contribution in [0.25, 0.3) is 0 Å². The Kier molecular flexibility index (Phi) is 5.20. The van der Waals surface area contributed by atoms with Gasteiger partial charge in [-0.15, -0.1) is 0 Å². The molecule has 0 aromatic heterocycles. The number of imide groups is 2. The number of fused-ring (bicyclic) bond motifs is 1. The molecule has 4 rings (SSSR count). The highest BCUT2D eigenvalue weighted by atomic mass is 16.3. The first-order valence-corrected chi connectivity index (χ1v) is 9.84. The molecule has 4 atom stereocenters. The smallest absolute Gasteiger partial charge is 0.262 e. The second kappa shape index (κ2) is 7.66. The molecule has 4 amide bonds. The zero-order chi connectivity index (χ0) is 20.7. The van der Waals surface area contributed by atoms with Crippen molar-refractivity contribution in [3.63, 3.8) is 0 Å². The molecule has 1 aromatic carbocycles. The van der Waals surface area contributed by atoms with Gasteiger partial charge < -0.3 is 16.2 Å². The number of aliphatic hydroxyl groups excluding tert-OH is 1. The molecule has 29 heavy (non-hydrogen) atoms. The van der Waals surface area contributed by atoms with E-state index in [1.807, 2.05) is 0 Å². The summed E-state index contributed by atoms with van der Waals surface area (Å²) in [4.78, 5) is 50.4. The zero-order valence-corrected chi connectivity index (χ0v) is 15.9. The Morgan fingerprint density at radius 2 is 1.97 bits per heavy atom. The fraction of sp³-hybridized carbons (Fsp3) is 0.500. The normalized spacial score (nSPS) is 29.4. The highest BCUT2D eigenvalue weighted by Crippen LogP contribution is 2.30. The van der Waals surface area contributed by atoms with Crippen LogP contribution in [0.15, 0.2) is 18.2 Å². The lowest BCUT2D eigenvalue weighted by Gasteiger charge is -2.27. The minimum atomic E-state index is -0.970. The Labute approximate surface area is 167 Å². The van der Waals surface area contributed by atoms with E-state index in [9.17, 15) is 24.3 Å². The maximum absolute atomic E-state index is 13.0. The number of nitrogens with two attached hydrogens (primary N) is 1. The van der Waals surface area contributed by atoms with Crippen LogP contribution in [0, 0.1) is 5.92 Å². The summed E-state index contributed by atoms with van der Waals surface area (Å²) in [5.41, 5.74) is 7.10. The number of amides is 4. The summed E-state index contributed by atoms with van der Waals surface area (Å²) in [6.45, 7) is 1.03. The van der Waals surface area contributed by atoms with Crippen LogP contribution in [-0.4, -0.2) is 58.4 Å². The number of nitrogens with zero attached hydrogens (tertiary/aromatic N) is 1. The van der Waals surface area contributed by atoms with Gasteiger partial charge in [-0.2, -0.15) is 0 Å². The summed E-state index contributed by atoms with van der Waals surface area (Å²) >= 11 is 0. The van der Waals surface area contributed by atoms with Crippen LogP contribution in [-0.2, 0) is 16.1 Å². The Morgan fingerprint density at radius 3 is 2.66 bits per heavy atom. The van der Waals surface area contributed by atoms with E-state index in [4.69, 9.17) is 5.73 Å². The van der Waals surface area contributed by atoms with E-state index in [0.29, 0.717) is 30.6 Å². The van der Waals surface area contributed by atoms with Gasteiger partial charge in [0.15, 0.2) is 0 Å². The standard InChI is InChI=1S/C20H24N4O5/c21-13-6-10(7-15(13)25)8-22-9-11-2-1-3-12-17(11)20(29)24(19(12)28)14-4-5-16(26)23-18(14)27/h1-3,10,13-15,22,25H,4-9,21H2,(H,23,26,27)/t10-,13+,14?,15+/m0/s1. The van der Waals surface area contributed by atoms with E-state index >= 15 is 0 Å². The third-order valence-electron chi connectivity index (χ3n) is 5.98. The fourth-order valence-electron chi connectivity index (χ4n) is 4.46. The predicted molar refractivity (Wildman–Crippen MR) is 102 cm³/mol. The van der Waals surface area contributed by atoms with Crippen LogP contribution in [0.3, 0.4) is 0 Å². The number of carbonyl (C=O) groups excluding carboxylic acids is 4. The lowest BCUT2D eigenvalue weighted by Crippen LogP contribution is -2.54. The van der Waals surface area contributed by atoms with E-state index in [-0.39, 0.29) is 30.4 Å². The van der Waals surface area contributed by atoms with Gasteiger partial charge in [-0.3, -0.25) is 29.4 Å². The zero-order valence-electron chi connectivity index (χ0n) is 15.9. The molecule has 2 fully saturated rings. The summed E-state index contributed by atoms with van der Waals surface area (Å²) in [5, 5.41) is 15.3. The van der Waals surface area contributed by atoms with Crippen LogP contribution in [0.1, 0.15) is 52.0 Å². The second-order valence-corrected chi connectivity index (χ2v) is 7.99. The molecule has 1 saturated heterocycles. The Bertz CT molecular complexity index is 876. The molecule has 2 heterocycles.